The van der Waals surface area contributed by atoms with Crippen molar-refractivity contribution in [3.63, 3.8) is 0 Å². The summed E-state index contributed by atoms with van der Waals surface area (Å²) in [4.78, 5) is 11.2. The first-order valence-corrected chi connectivity index (χ1v) is 7.92. The molecular weight excluding hydrogens is 270 g/mol. The minimum atomic E-state index is 0.517. The Balaban J connectivity index is 2.00. The first-order chi connectivity index (χ1) is 10.7. The topological polar surface area (TPSA) is 29.0 Å². The Morgan fingerprint density at radius 3 is 2.55 bits per heavy atom. The summed E-state index contributed by atoms with van der Waals surface area (Å²) in [6, 6.07) is 10.9. The second kappa shape index (κ2) is 8.44. The van der Waals surface area contributed by atoms with Crippen LogP contribution in [0.4, 0.5) is 0 Å². The van der Waals surface area contributed by atoms with Crippen LogP contribution in [0.2, 0.25) is 0 Å². The van der Waals surface area contributed by atoms with Crippen LogP contribution in [0.25, 0.3) is 6.08 Å². The fraction of sp³-hybridized carbons (Fsp3) is 0.368. The third kappa shape index (κ3) is 5.08. The lowest BCUT2D eigenvalue weighted by atomic mass is 10.2. The first-order valence-electron chi connectivity index (χ1n) is 7.92. The van der Waals surface area contributed by atoms with Crippen molar-refractivity contribution in [2.24, 2.45) is 0 Å². The van der Waals surface area contributed by atoms with Crippen molar-refractivity contribution in [2.45, 2.75) is 39.8 Å². The molecule has 0 fully saturated rings. The molecule has 1 aromatic carbocycles. The zero-order valence-electron chi connectivity index (χ0n) is 13.7. The maximum atomic E-state index is 4.47. The Morgan fingerprint density at radius 1 is 1.14 bits per heavy atom. The highest BCUT2D eigenvalue weighted by Crippen LogP contribution is 2.10. The molecule has 0 amide bonds. The van der Waals surface area contributed by atoms with Gasteiger partial charge in [0.2, 0.25) is 0 Å². The smallest absolute Gasteiger partial charge is 0.0727 e. The van der Waals surface area contributed by atoms with Gasteiger partial charge >= 0.3 is 0 Å². The highest BCUT2D eigenvalue weighted by molar-refractivity contribution is 5.48. The van der Waals surface area contributed by atoms with Crippen LogP contribution in [0.3, 0.4) is 0 Å². The number of aryl methyl sites for hydroxylation is 1. The Hall–Kier alpha value is -2.00. The van der Waals surface area contributed by atoms with E-state index in [4.69, 9.17) is 0 Å². The van der Waals surface area contributed by atoms with E-state index in [9.17, 15) is 0 Å². The molecule has 3 heteroatoms. The summed E-state index contributed by atoms with van der Waals surface area (Å²) < 4.78 is 0. The summed E-state index contributed by atoms with van der Waals surface area (Å²) in [6.07, 6.45) is 9.24. The van der Waals surface area contributed by atoms with Crippen molar-refractivity contribution in [2.75, 3.05) is 6.54 Å². The zero-order chi connectivity index (χ0) is 15.8. The van der Waals surface area contributed by atoms with E-state index in [-0.39, 0.29) is 0 Å². The van der Waals surface area contributed by atoms with Crippen LogP contribution < -0.4 is 0 Å². The van der Waals surface area contributed by atoms with Gasteiger partial charge in [0.25, 0.3) is 0 Å². The van der Waals surface area contributed by atoms with Crippen molar-refractivity contribution < 1.29 is 0 Å². The number of nitrogens with zero attached hydrogens (tertiary/aromatic N) is 3. The molecule has 1 atom stereocenters. The highest BCUT2D eigenvalue weighted by Gasteiger charge is 2.12. The van der Waals surface area contributed by atoms with E-state index >= 15 is 0 Å². The number of benzene rings is 1. The van der Waals surface area contributed by atoms with Gasteiger partial charge in [-0.25, -0.2) is 0 Å². The van der Waals surface area contributed by atoms with Gasteiger partial charge in [0.15, 0.2) is 0 Å². The van der Waals surface area contributed by atoms with Crippen LogP contribution in [0.15, 0.2) is 48.8 Å². The van der Waals surface area contributed by atoms with Gasteiger partial charge < -0.3 is 0 Å². The molecule has 0 radical (unpaired) electrons. The van der Waals surface area contributed by atoms with Crippen molar-refractivity contribution in [1.82, 2.24) is 14.9 Å². The first kappa shape index (κ1) is 16.4. The quantitative estimate of drug-likeness (QED) is 0.770. The Bertz CT molecular complexity index is 575. The van der Waals surface area contributed by atoms with E-state index in [2.05, 4.69) is 65.1 Å². The molecule has 116 valence electrons. The van der Waals surface area contributed by atoms with Crippen LogP contribution >= 0.6 is 0 Å². The summed E-state index contributed by atoms with van der Waals surface area (Å²) in [5, 5.41) is 0. The molecule has 0 bridgehead atoms. The molecule has 0 spiro atoms. The van der Waals surface area contributed by atoms with Gasteiger partial charge in [-0.15, -0.1) is 0 Å². The molecule has 2 rings (SSSR count). The molecular formula is C19H25N3. The van der Waals surface area contributed by atoms with E-state index in [0.717, 1.165) is 30.9 Å². The third-order valence-electron chi connectivity index (χ3n) is 3.86. The molecule has 0 unspecified atom stereocenters. The molecule has 0 saturated heterocycles. The van der Waals surface area contributed by atoms with Crippen LogP contribution in [0.5, 0.6) is 0 Å². The SMILES string of the molecule is CC[C@H](C)N(C/C=C/c1ccccc1)Cc1cnc(C)cn1. The summed E-state index contributed by atoms with van der Waals surface area (Å²) in [5.41, 5.74) is 3.23. The van der Waals surface area contributed by atoms with Crippen molar-refractivity contribution >= 4 is 6.08 Å². The molecule has 0 aliphatic rings. The molecule has 3 nitrogen and oxygen atoms in total. The summed E-state index contributed by atoms with van der Waals surface area (Å²) in [7, 11) is 0. The molecule has 1 heterocycles. The lowest BCUT2D eigenvalue weighted by Crippen LogP contribution is -2.32. The van der Waals surface area contributed by atoms with Crippen LogP contribution in [-0.4, -0.2) is 27.5 Å². The molecule has 2 aromatic rings. The molecule has 22 heavy (non-hydrogen) atoms. The highest BCUT2D eigenvalue weighted by atomic mass is 15.2. The zero-order valence-corrected chi connectivity index (χ0v) is 13.7. The van der Waals surface area contributed by atoms with E-state index in [1.807, 2.05) is 25.4 Å². The predicted molar refractivity (Wildman–Crippen MR) is 92.4 cm³/mol. The monoisotopic (exact) mass is 295 g/mol. The second-order valence-corrected chi connectivity index (χ2v) is 5.65. The summed E-state index contributed by atoms with van der Waals surface area (Å²) in [6.45, 7) is 8.20. The second-order valence-electron chi connectivity index (χ2n) is 5.65. The number of rotatable bonds is 7. The Kier molecular flexibility index (Phi) is 6.28. The maximum Gasteiger partial charge on any atom is 0.0727 e. The molecule has 0 aliphatic carbocycles. The summed E-state index contributed by atoms with van der Waals surface area (Å²) in [5.74, 6) is 0. The third-order valence-corrected chi connectivity index (χ3v) is 3.86. The number of aromatic nitrogens is 2. The van der Waals surface area contributed by atoms with E-state index < -0.39 is 0 Å². The summed E-state index contributed by atoms with van der Waals surface area (Å²) >= 11 is 0. The fourth-order valence-electron chi connectivity index (χ4n) is 2.26. The Morgan fingerprint density at radius 2 is 1.91 bits per heavy atom. The van der Waals surface area contributed by atoms with Crippen LogP contribution in [0.1, 0.15) is 37.2 Å². The van der Waals surface area contributed by atoms with Gasteiger partial charge in [0.05, 0.1) is 11.4 Å². The van der Waals surface area contributed by atoms with Gasteiger partial charge in [-0.3, -0.25) is 14.9 Å². The average Bonchev–Trinajstić information content (AvgIpc) is 2.56. The van der Waals surface area contributed by atoms with Gasteiger partial charge in [0, 0.05) is 31.5 Å². The average molecular weight is 295 g/mol. The van der Waals surface area contributed by atoms with Gasteiger partial charge in [-0.2, -0.15) is 0 Å². The molecule has 1 aromatic heterocycles. The van der Waals surface area contributed by atoms with Gasteiger partial charge in [0.1, 0.15) is 0 Å². The van der Waals surface area contributed by atoms with Crippen molar-refractivity contribution in [3.8, 4) is 0 Å². The number of hydrogen-bond acceptors (Lipinski definition) is 3. The minimum absolute atomic E-state index is 0.517. The van der Waals surface area contributed by atoms with E-state index in [1.165, 1.54) is 5.56 Å². The molecule has 0 aliphatic heterocycles. The lowest BCUT2D eigenvalue weighted by molar-refractivity contribution is 0.215. The standard InChI is InChI=1S/C19H25N3/c1-4-17(3)22(15-19-14-20-16(2)13-21-19)12-8-11-18-9-6-5-7-10-18/h5-11,13-14,17H,4,12,15H2,1-3H3/b11-8+/t17-/m0/s1. The van der Waals surface area contributed by atoms with E-state index in [0.29, 0.717) is 6.04 Å². The van der Waals surface area contributed by atoms with E-state index in [1.54, 1.807) is 0 Å². The van der Waals surface area contributed by atoms with Crippen LogP contribution in [0, 0.1) is 6.92 Å². The van der Waals surface area contributed by atoms with Gasteiger partial charge in [-0.1, -0.05) is 49.4 Å². The van der Waals surface area contributed by atoms with Crippen molar-refractivity contribution in [1.29, 1.82) is 0 Å². The van der Waals surface area contributed by atoms with Gasteiger partial charge in [-0.05, 0) is 25.8 Å². The Labute approximate surface area is 133 Å². The minimum Gasteiger partial charge on any atom is -0.291 e. The largest absolute Gasteiger partial charge is 0.291 e. The maximum absolute atomic E-state index is 4.47. The molecule has 0 saturated carbocycles. The van der Waals surface area contributed by atoms with Crippen LogP contribution in [-0.2, 0) is 6.54 Å². The molecule has 0 N–H and O–H groups in total. The number of hydrogen-bond donors (Lipinski definition) is 0. The fourth-order valence-corrected chi connectivity index (χ4v) is 2.26. The van der Waals surface area contributed by atoms with Crippen molar-refractivity contribution in [3.05, 3.63) is 65.8 Å². The predicted octanol–water partition coefficient (Wildman–Crippen LogP) is 4.10. The normalized spacial score (nSPS) is 12.9. The lowest BCUT2D eigenvalue weighted by Gasteiger charge is -2.26.